The lowest BCUT2D eigenvalue weighted by atomic mass is 10.0. The molecule has 1 aromatic rings. The van der Waals surface area contributed by atoms with E-state index < -0.39 is 0 Å². The summed E-state index contributed by atoms with van der Waals surface area (Å²) in [4.78, 5) is 6.31. The number of morpholine rings is 1. The van der Waals surface area contributed by atoms with E-state index in [1.165, 1.54) is 0 Å². The van der Waals surface area contributed by atoms with Crippen LogP contribution >= 0.6 is 0 Å². The Kier molecular flexibility index (Phi) is 3.61. The average Bonchev–Trinajstić information content (AvgIpc) is 2.35. The van der Waals surface area contributed by atoms with Crippen molar-refractivity contribution in [1.29, 1.82) is 0 Å². The van der Waals surface area contributed by atoms with Crippen LogP contribution in [0.1, 0.15) is 26.5 Å². The molecule has 2 rings (SSSR count). The number of nitrogens with two attached hydrogens (primary N) is 1. The Morgan fingerprint density at radius 3 is 3.00 bits per heavy atom. The van der Waals surface area contributed by atoms with Crippen LogP contribution in [0.15, 0.2) is 23.5 Å². The van der Waals surface area contributed by atoms with Gasteiger partial charge in [0.05, 0.1) is 11.7 Å². The van der Waals surface area contributed by atoms with Crippen LogP contribution in [-0.4, -0.2) is 40.8 Å². The quantitative estimate of drug-likeness (QED) is 0.363. The molecule has 3 N–H and O–H groups in total. The Balaban J connectivity index is 2.26. The van der Waals surface area contributed by atoms with Gasteiger partial charge in [-0.15, -0.1) is 0 Å². The predicted octanol–water partition coefficient (Wildman–Crippen LogP) is 1.18. The van der Waals surface area contributed by atoms with Crippen molar-refractivity contribution in [3.05, 3.63) is 24.0 Å². The molecule has 0 saturated carbocycles. The molecule has 104 valence electrons. The molecule has 0 radical (unpaired) electrons. The summed E-state index contributed by atoms with van der Waals surface area (Å²) in [5.41, 5.74) is 6.84. The number of rotatable bonds is 2. The number of oxime groups is 1. The lowest BCUT2D eigenvalue weighted by Crippen LogP contribution is -2.52. The molecule has 6 nitrogen and oxygen atoms in total. The van der Waals surface area contributed by atoms with Crippen LogP contribution in [0.3, 0.4) is 0 Å². The van der Waals surface area contributed by atoms with Gasteiger partial charge in [-0.2, -0.15) is 0 Å². The molecule has 1 atom stereocenters. The molecule has 1 unspecified atom stereocenters. The molecule has 1 aliphatic heterocycles. The van der Waals surface area contributed by atoms with E-state index in [0.29, 0.717) is 5.69 Å². The maximum Gasteiger partial charge on any atom is 0.188 e. The van der Waals surface area contributed by atoms with E-state index in [1.54, 1.807) is 6.20 Å². The summed E-state index contributed by atoms with van der Waals surface area (Å²) in [5.74, 6) is 0.0161. The fourth-order valence-electron chi connectivity index (χ4n) is 2.46. The standard InChI is InChI=1S/C13H20N4O2/c1-9-7-17(8-13(2,3)19-9)10-4-5-15-11(6-10)12(14)16-18/h4-6,9,18H,7-8H2,1-3H3,(H2,14,16). The summed E-state index contributed by atoms with van der Waals surface area (Å²) in [6.07, 6.45) is 1.82. The van der Waals surface area contributed by atoms with Gasteiger partial charge in [-0.1, -0.05) is 5.16 Å². The Hall–Kier alpha value is -1.82. The molecule has 0 bridgehead atoms. The molecule has 2 heterocycles. The highest BCUT2D eigenvalue weighted by Gasteiger charge is 2.31. The van der Waals surface area contributed by atoms with E-state index >= 15 is 0 Å². The molecule has 0 spiro atoms. The lowest BCUT2D eigenvalue weighted by molar-refractivity contribution is -0.0749. The van der Waals surface area contributed by atoms with Crippen LogP contribution in [0.25, 0.3) is 0 Å². The maximum absolute atomic E-state index is 8.70. The monoisotopic (exact) mass is 264 g/mol. The second-order valence-corrected chi connectivity index (χ2v) is 5.45. The number of hydrogen-bond donors (Lipinski definition) is 2. The molecule has 0 amide bonds. The third-order valence-electron chi connectivity index (χ3n) is 3.05. The number of nitrogens with zero attached hydrogens (tertiary/aromatic N) is 3. The zero-order valence-corrected chi connectivity index (χ0v) is 11.5. The fraction of sp³-hybridized carbons (Fsp3) is 0.538. The van der Waals surface area contributed by atoms with Crippen molar-refractivity contribution in [3.8, 4) is 0 Å². The van der Waals surface area contributed by atoms with E-state index in [-0.39, 0.29) is 17.5 Å². The molecule has 0 aromatic carbocycles. The maximum atomic E-state index is 8.70. The minimum Gasteiger partial charge on any atom is -0.409 e. The molecule has 1 aliphatic rings. The van der Waals surface area contributed by atoms with Crippen molar-refractivity contribution in [2.75, 3.05) is 18.0 Å². The van der Waals surface area contributed by atoms with Crippen molar-refractivity contribution in [1.82, 2.24) is 4.98 Å². The molecule has 0 aliphatic carbocycles. The van der Waals surface area contributed by atoms with E-state index in [0.717, 1.165) is 18.8 Å². The highest BCUT2D eigenvalue weighted by atomic mass is 16.5. The predicted molar refractivity (Wildman–Crippen MR) is 73.6 cm³/mol. The summed E-state index contributed by atoms with van der Waals surface area (Å²) in [6, 6.07) is 3.74. The number of ether oxygens (including phenoxy) is 1. The SMILES string of the molecule is CC1CN(c2ccnc(C(N)=NO)c2)CC(C)(C)O1. The van der Waals surface area contributed by atoms with E-state index in [2.05, 4.69) is 35.8 Å². The topological polar surface area (TPSA) is 84.0 Å². The lowest BCUT2D eigenvalue weighted by Gasteiger charge is -2.42. The van der Waals surface area contributed by atoms with Gasteiger partial charge < -0.3 is 20.6 Å². The van der Waals surface area contributed by atoms with Gasteiger partial charge in [0.15, 0.2) is 5.84 Å². The van der Waals surface area contributed by atoms with Gasteiger partial charge in [0, 0.05) is 25.0 Å². The highest BCUT2D eigenvalue weighted by Crippen LogP contribution is 2.25. The first kappa shape index (κ1) is 13.6. The molecular weight excluding hydrogens is 244 g/mol. The second kappa shape index (κ2) is 5.05. The number of hydrogen-bond acceptors (Lipinski definition) is 5. The second-order valence-electron chi connectivity index (χ2n) is 5.45. The Morgan fingerprint density at radius 1 is 1.63 bits per heavy atom. The number of aromatic nitrogens is 1. The summed E-state index contributed by atoms with van der Waals surface area (Å²) < 4.78 is 5.88. The van der Waals surface area contributed by atoms with Gasteiger partial charge >= 0.3 is 0 Å². The molecule has 1 fully saturated rings. The third kappa shape index (κ3) is 3.14. The zero-order chi connectivity index (χ0) is 14.0. The van der Waals surface area contributed by atoms with Crippen LogP contribution in [0.4, 0.5) is 5.69 Å². The van der Waals surface area contributed by atoms with E-state index in [1.807, 2.05) is 12.1 Å². The summed E-state index contributed by atoms with van der Waals surface area (Å²) in [5, 5.41) is 11.7. The summed E-state index contributed by atoms with van der Waals surface area (Å²) in [7, 11) is 0. The van der Waals surface area contributed by atoms with Gasteiger partial charge in [-0.25, -0.2) is 0 Å². The first-order valence-electron chi connectivity index (χ1n) is 6.28. The van der Waals surface area contributed by atoms with Crippen LogP contribution in [0.5, 0.6) is 0 Å². The number of amidine groups is 1. The zero-order valence-electron chi connectivity index (χ0n) is 11.5. The molecule has 6 heteroatoms. The van der Waals surface area contributed by atoms with Gasteiger partial charge in [-0.3, -0.25) is 4.98 Å². The largest absolute Gasteiger partial charge is 0.409 e. The minimum atomic E-state index is -0.197. The van der Waals surface area contributed by atoms with E-state index in [9.17, 15) is 0 Å². The van der Waals surface area contributed by atoms with Crippen LogP contribution in [-0.2, 0) is 4.74 Å². The number of pyridine rings is 1. The smallest absolute Gasteiger partial charge is 0.188 e. The van der Waals surface area contributed by atoms with E-state index in [4.69, 9.17) is 15.7 Å². The van der Waals surface area contributed by atoms with Crippen LogP contribution in [0.2, 0.25) is 0 Å². The van der Waals surface area contributed by atoms with Gasteiger partial charge in [0.2, 0.25) is 0 Å². The van der Waals surface area contributed by atoms with Crippen molar-refractivity contribution < 1.29 is 9.94 Å². The summed E-state index contributed by atoms with van der Waals surface area (Å²) >= 11 is 0. The van der Waals surface area contributed by atoms with Crippen molar-refractivity contribution in [2.45, 2.75) is 32.5 Å². The molecular formula is C13H20N4O2. The molecule has 19 heavy (non-hydrogen) atoms. The minimum absolute atomic E-state index is 0.0161. The highest BCUT2D eigenvalue weighted by molar-refractivity contribution is 5.95. The average molecular weight is 264 g/mol. The molecule has 1 aromatic heterocycles. The van der Waals surface area contributed by atoms with Gasteiger partial charge in [0.25, 0.3) is 0 Å². The first-order valence-corrected chi connectivity index (χ1v) is 6.28. The number of anilines is 1. The summed E-state index contributed by atoms with van der Waals surface area (Å²) in [6.45, 7) is 7.79. The van der Waals surface area contributed by atoms with Crippen molar-refractivity contribution in [2.24, 2.45) is 10.9 Å². The fourth-order valence-corrected chi connectivity index (χ4v) is 2.46. The van der Waals surface area contributed by atoms with Crippen LogP contribution in [0, 0.1) is 0 Å². The third-order valence-corrected chi connectivity index (χ3v) is 3.05. The molecule has 1 saturated heterocycles. The van der Waals surface area contributed by atoms with Gasteiger partial charge in [0.1, 0.15) is 5.69 Å². The van der Waals surface area contributed by atoms with Crippen LogP contribution < -0.4 is 10.6 Å². The van der Waals surface area contributed by atoms with Gasteiger partial charge in [-0.05, 0) is 32.9 Å². The Labute approximate surface area is 112 Å². The first-order chi connectivity index (χ1) is 8.91. The normalized spacial score (nSPS) is 23.4. The van der Waals surface area contributed by atoms with Crippen molar-refractivity contribution >= 4 is 11.5 Å². The Morgan fingerprint density at radius 2 is 2.37 bits per heavy atom. The Bertz CT molecular complexity index is 487. The van der Waals surface area contributed by atoms with Crippen molar-refractivity contribution in [3.63, 3.8) is 0 Å².